The first kappa shape index (κ1) is 21.2. The fraction of sp³-hybridized carbons (Fsp3) is 0.316. The van der Waals surface area contributed by atoms with E-state index in [0.717, 1.165) is 5.56 Å². The van der Waals surface area contributed by atoms with E-state index >= 15 is 0 Å². The first-order valence-electron chi connectivity index (χ1n) is 8.75. The van der Waals surface area contributed by atoms with Crippen molar-refractivity contribution in [2.24, 2.45) is 0 Å². The van der Waals surface area contributed by atoms with Crippen molar-refractivity contribution in [2.45, 2.75) is 35.4 Å². The van der Waals surface area contributed by atoms with Gasteiger partial charge in [-0.05, 0) is 29.8 Å². The molecule has 0 amide bonds. The van der Waals surface area contributed by atoms with Gasteiger partial charge in [-0.3, -0.25) is 4.57 Å². The number of hydrogen-bond acceptors (Lipinski definition) is 6. The third-order valence-electron chi connectivity index (χ3n) is 4.73. The molecule has 0 aliphatic carbocycles. The van der Waals surface area contributed by atoms with Gasteiger partial charge in [0.15, 0.2) is 11.4 Å². The summed E-state index contributed by atoms with van der Waals surface area (Å²) < 4.78 is 7.41. The molecular formula is C19H17Cl3N2O4S. The number of benzene rings is 2. The average Bonchev–Trinajstić information content (AvgIpc) is 3.17. The fourth-order valence-electron chi connectivity index (χ4n) is 3.28. The minimum atomic E-state index is -1.25. The summed E-state index contributed by atoms with van der Waals surface area (Å²) in [6, 6.07) is 10.8. The first-order valence-corrected chi connectivity index (χ1v) is 10.9. The summed E-state index contributed by atoms with van der Waals surface area (Å²) in [6.07, 6.45) is -4.31. The Hall–Kier alpha value is -1.03. The predicted octanol–water partition coefficient (Wildman–Crippen LogP) is 3.90. The van der Waals surface area contributed by atoms with Crippen LogP contribution in [0.15, 0.2) is 41.6 Å². The smallest absolute Gasteiger partial charge is 0.171 e. The third kappa shape index (κ3) is 4.11. The van der Waals surface area contributed by atoms with Crippen LogP contribution in [-0.2, 0) is 10.5 Å². The molecular weight excluding hydrogens is 459 g/mol. The Morgan fingerprint density at radius 3 is 2.52 bits per heavy atom. The molecule has 3 N–H and O–H groups in total. The second-order valence-electron chi connectivity index (χ2n) is 6.67. The molecule has 4 atom stereocenters. The Morgan fingerprint density at radius 1 is 1.07 bits per heavy atom. The third-order valence-corrected chi connectivity index (χ3v) is 6.71. The normalized spacial score (nSPS) is 24.5. The Kier molecular flexibility index (Phi) is 6.30. The summed E-state index contributed by atoms with van der Waals surface area (Å²) in [5, 5.41) is 32.0. The zero-order chi connectivity index (χ0) is 20.7. The highest BCUT2D eigenvalue weighted by Crippen LogP contribution is 2.39. The molecule has 0 spiro atoms. The highest BCUT2D eigenvalue weighted by molar-refractivity contribution is 7.98. The largest absolute Gasteiger partial charge is 0.394 e. The number of hydrogen-bond donors (Lipinski definition) is 3. The van der Waals surface area contributed by atoms with Gasteiger partial charge in [0.25, 0.3) is 0 Å². The fourth-order valence-corrected chi connectivity index (χ4v) is 4.79. The Morgan fingerprint density at radius 2 is 1.83 bits per heavy atom. The number of ether oxygens (including phenoxy) is 1. The van der Waals surface area contributed by atoms with Crippen LogP contribution in [-0.4, -0.2) is 49.8 Å². The van der Waals surface area contributed by atoms with Gasteiger partial charge in [0.1, 0.15) is 18.3 Å². The maximum atomic E-state index is 10.5. The number of imidazole rings is 1. The lowest BCUT2D eigenvalue weighted by Gasteiger charge is -2.20. The molecule has 0 saturated carbocycles. The quantitative estimate of drug-likeness (QED) is 0.485. The van der Waals surface area contributed by atoms with E-state index in [4.69, 9.17) is 39.5 Å². The Labute approximate surface area is 186 Å². The summed E-state index contributed by atoms with van der Waals surface area (Å²) in [5.41, 5.74) is 2.17. The molecule has 2 aromatic carbocycles. The molecule has 29 heavy (non-hydrogen) atoms. The molecule has 154 valence electrons. The number of rotatable bonds is 5. The summed E-state index contributed by atoms with van der Waals surface area (Å²) in [7, 11) is 0. The monoisotopic (exact) mass is 474 g/mol. The summed E-state index contributed by atoms with van der Waals surface area (Å²) >= 11 is 19.8. The predicted molar refractivity (Wildman–Crippen MR) is 114 cm³/mol. The second kappa shape index (κ2) is 8.61. The molecule has 0 unspecified atom stereocenters. The number of fused-ring (bicyclic) bond motifs is 1. The van der Waals surface area contributed by atoms with E-state index in [-0.39, 0.29) is 0 Å². The summed E-state index contributed by atoms with van der Waals surface area (Å²) in [4.78, 5) is 4.62. The maximum Gasteiger partial charge on any atom is 0.171 e. The van der Waals surface area contributed by atoms with E-state index in [1.54, 1.807) is 22.8 Å². The van der Waals surface area contributed by atoms with E-state index in [1.165, 1.54) is 11.8 Å². The van der Waals surface area contributed by atoms with Crippen molar-refractivity contribution in [1.29, 1.82) is 0 Å². The number of thioether (sulfide) groups is 1. The summed E-state index contributed by atoms with van der Waals surface area (Å²) in [6.45, 7) is -0.418. The van der Waals surface area contributed by atoms with Gasteiger partial charge < -0.3 is 20.1 Å². The lowest BCUT2D eigenvalue weighted by molar-refractivity contribution is -0.0546. The van der Waals surface area contributed by atoms with Gasteiger partial charge in [-0.15, -0.1) is 0 Å². The Bertz CT molecular complexity index is 1050. The lowest BCUT2D eigenvalue weighted by Crippen LogP contribution is -2.33. The van der Waals surface area contributed by atoms with Crippen LogP contribution in [0.25, 0.3) is 11.0 Å². The van der Waals surface area contributed by atoms with Crippen molar-refractivity contribution in [3.8, 4) is 0 Å². The van der Waals surface area contributed by atoms with E-state index in [9.17, 15) is 15.3 Å². The van der Waals surface area contributed by atoms with Crippen LogP contribution in [0.2, 0.25) is 15.1 Å². The molecule has 10 heteroatoms. The van der Waals surface area contributed by atoms with Crippen LogP contribution < -0.4 is 0 Å². The zero-order valence-corrected chi connectivity index (χ0v) is 18.0. The molecule has 2 heterocycles. The van der Waals surface area contributed by atoms with Crippen molar-refractivity contribution in [3.63, 3.8) is 0 Å². The molecule has 3 aromatic rings. The van der Waals surface area contributed by atoms with Gasteiger partial charge in [-0.1, -0.05) is 58.7 Å². The van der Waals surface area contributed by atoms with Crippen LogP contribution in [0.4, 0.5) is 0 Å². The Balaban J connectivity index is 1.76. The van der Waals surface area contributed by atoms with Crippen molar-refractivity contribution < 1.29 is 20.1 Å². The molecule has 1 aliphatic rings. The maximum absolute atomic E-state index is 10.5. The summed E-state index contributed by atoms with van der Waals surface area (Å²) in [5.74, 6) is 0.570. The molecule has 1 aliphatic heterocycles. The number of halogens is 3. The van der Waals surface area contributed by atoms with E-state index in [1.807, 2.05) is 18.2 Å². The molecule has 0 bridgehead atoms. The molecule has 0 radical (unpaired) electrons. The minimum absolute atomic E-state index is 0.332. The van der Waals surface area contributed by atoms with E-state index in [2.05, 4.69) is 4.98 Å². The van der Waals surface area contributed by atoms with Crippen LogP contribution in [0, 0.1) is 0 Å². The van der Waals surface area contributed by atoms with Gasteiger partial charge >= 0.3 is 0 Å². The van der Waals surface area contributed by atoms with Crippen LogP contribution in [0.5, 0.6) is 0 Å². The van der Waals surface area contributed by atoms with E-state index in [0.29, 0.717) is 37.0 Å². The first-order chi connectivity index (χ1) is 13.9. The highest BCUT2D eigenvalue weighted by Gasteiger charge is 2.44. The topological polar surface area (TPSA) is 87.7 Å². The molecule has 1 saturated heterocycles. The van der Waals surface area contributed by atoms with Crippen LogP contribution in [0.1, 0.15) is 11.8 Å². The highest BCUT2D eigenvalue weighted by atomic mass is 35.5. The lowest BCUT2D eigenvalue weighted by atomic mass is 10.1. The average molecular weight is 476 g/mol. The van der Waals surface area contributed by atoms with Gasteiger partial charge in [0, 0.05) is 10.8 Å². The van der Waals surface area contributed by atoms with Gasteiger partial charge in [0.05, 0.1) is 27.7 Å². The van der Waals surface area contributed by atoms with E-state index < -0.39 is 31.1 Å². The molecule has 6 nitrogen and oxygen atoms in total. The van der Waals surface area contributed by atoms with Crippen LogP contribution in [0.3, 0.4) is 0 Å². The zero-order valence-electron chi connectivity index (χ0n) is 14.9. The SMILES string of the molecule is OC[C@H]1O[C@@H](n2c(SCc3cccc(Cl)c3)nc3cc(Cl)c(Cl)cc32)[C@H](O)[C@@H]1O. The number of aromatic nitrogens is 2. The van der Waals surface area contributed by atoms with Crippen molar-refractivity contribution >= 4 is 57.6 Å². The van der Waals surface area contributed by atoms with Gasteiger partial charge in [-0.2, -0.15) is 0 Å². The van der Waals surface area contributed by atoms with Gasteiger partial charge in [-0.25, -0.2) is 4.98 Å². The number of nitrogens with zero attached hydrogens (tertiary/aromatic N) is 2. The number of aliphatic hydroxyl groups is 3. The van der Waals surface area contributed by atoms with Gasteiger partial charge in [0.2, 0.25) is 0 Å². The molecule has 1 aromatic heterocycles. The second-order valence-corrected chi connectivity index (χ2v) is 8.86. The molecule has 1 fully saturated rings. The molecule has 4 rings (SSSR count). The number of aliphatic hydroxyl groups excluding tert-OH is 3. The standard InChI is InChI=1S/C19H17Cl3N2O4S/c20-10-3-1-2-9(4-10)8-29-19-23-13-5-11(21)12(22)6-14(13)24(19)18-17(27)16(26)15(7-25)28-18/h1-6,15-18,25-27H,7-8H2/t15-,16-,17-,18-/m1/s1. The minimum Gasteiger partial charge on any atom is -0.394 e. The van der Waals surface area contributed by atoms with Crippen molar-refractivity contribution in [2.75, 3.05) is 6.61 Å². The van der Waals surface area contributed by atoms with Crippen molar-refractivity contribution in [1.82, 2.24) is 9.55 Å². The van der Waals surface area contributed by atoms with Crippen LogP contribution >= 0.6 is 46.6 Å². The van der Waals surface area contributed by atoms with Crippen molar-refractivity contribution in [3.05, 3.63) is 57.0 Å².